The molecule has 2 saturated heterocycles. The Balaban J connectivity index is 0.00000256. The predicted molar refractivity (Wildman–Crippen MR) is 130 cm³/mol. The number of nitrogens with one attached hydrogen (secondary N) is 1. The molecule has 10 heteroatoms. The number of furan rings is 1. The first-order chi connectivity index (χ1) is 14.3. The molecule has 0 saturated carbocycles. The lowest BCUT2D eigenvalue weighted by molar-refractivity contribution is 0.187. The van der Waals surface area contributed by atoms with E-state index in [1.54, 1.807) is 6.26 Å². The standard InChI is InChI=1S/C20H30N6O2S.HI/c1-2-18-23-20(29-24-18)26-10-8-25(9-11-26)19(22-14-16-6-13-27-15-16)21-7-5-17-4-3-12-28-17;/h3-4,12,16H,2,5-11,13-15H2,1H3,(H,21,22);1H. The second-order valence-corrected chi connectivity index (χ2v) is 8.20. The Morgan fingerprint density at radius 1 is 1.33 bits per heavy atom. The van der Waals surface area contributed by atoms with E-state index in [9.17, 15) is 0 Å². The van der Waals surface area contributed by atoms with Crippen LogP contribution in [-0.4, -0.2) is 72.7 Å². The zero-order chi connectivity index (χ0) is 19.9. The number of aryl methyl sites for hydroxylation is 1. The second-order valence-electron chi connectivity index (χ2n) is 7.47. The molecule has 1 unspecified atom stereocenters. The summed E-state index contributed by atoms with van der Waals surface area (Å²) in [5.74, 6) is 3.46. The predicted octanol–water partition coefficient (Wildman–Crippen LogP) is 2.66. The third-order valence-electron chi connectivity index (χ3n) is 5.38. The summed E-state index contributed by atoms with van der Waals surface area (Å²) in [5, 5.41) is 4.59. The highest BCUT2D eigenvalue weighted by Gasteiger charge is 2.23. The Labute approximate surface area is 199 Å². The second kappa shape index (κ2) is 11.8. The maximum absolute atomic E-state index is 5.51. The molecule has 4 rings (SSSR count). The number of piperazine rings is 1. The molecule has 166 valence electrons. The molecular formula is C20H31IN6O2S. The number of hydrogen-bond donors (Lipinski definition) is 1. The number of rotatable bonds is 7. The number of nitrogens with zero attached hydrogens (tertiary/aromatic N) is 5. The van der Waals surface area contributed by atoms with Crippen molar-refractivity contribution in [1.82, 2.24) is 19.6 Å². The maximum Gasteiger partial charge on any atom is 0.205 e. The van der Waals surface area contributed by atoms with Gasteiger partial charge in [-0.3, -0.25) is 4.99 Å². The molecule has 2 aliphatic heterocycles. The van der Waals surface area contributed by atoms with Crippen LogP contribution in [0.15, 0.2) is 27.8 Å². The summed E-state index contributed by atoms with van der Waals surface area (Å²) >= 11 is 1.51. The van der Waals surface area contributed by atoms with Crippen LogP contribution >= 0.6 is 35.5 Å². The van der Waals surface area contributed by atoms with E-state index in [4.69, 9.17) is 14.1 Å². The Morgan fingerprint density at radius 3 is 2.87 bits per heavy atom. The van der Waals surface area contributed by atoms with Gasteiger partial charge in [-0.1, -0.05) is 6.92 Å². The molecule has 0 amide bonds. The smallest absolute Gasteiger partial charge is 0.205 e. The molecule has 2 fully saturated rings. The number of aromatic nitrogens is 2. The molecule has 0 bridgehead atoms. The van der Waals surface area contributed by atoms with Gasteiger partial charge in [0.2, 0.25) is 5.13 Å². The van der Waals surface area contributed by atoms with Crippen molar-refractivity contribution >= 4 is 46.6 Å². The summed E-state index contributed by atoms with van der Waals surface area (Å²) in [6, 6.07) is 3.95. The number of halogens is 1. The van der Waals surface area contributed by atoms with E-state index in [2.05, 4.69) is 31.4 Å². The van der Waals surface area contributed by atoms with Gasteiger partial charge in [-0.2, -0.15) is 4.37 Å². The van der Waals surface area contributed by atoms with E-state index in [1.807, 2.05) is 12.1 Å². The first-order valence-corrected chi connectivity index (χ1v) is 11.3. The van der Waals surface area contributed by atoms with Gasteiger partial charge in [0.05, 0.1) is 12.9 Å². The maximum atomic E-state index is 5.51. The molecule has 0 aromatic carbocycles. The molecule has 0 spiro atoms. The lowest BCUT2D eigenvalue weighted by Gasteiger charge is -2.36. The minimum Gasteiger partial charge on any atom is -0.469 e. The summed E-state index contributed by atoms with van der Waals surface area (Å²) in [7, 11) is 0. The van der Waals surface area contributed by atoms with Crippen molar-refractivity contribution in [3.8, 4) is 0 Å². The molecule has 8 nitrogen and oxygen atoms in total. The molecule has 2 aromatic heterocycles. The minimum absolute atomic E-state index is 0. The molecule has 30 heavy (non-hydrogen) atoms. The minimum atomic E-state index is 0. The van der Waals surface area contributed by atoms with E-state index in [0.29, 0.717) is 5.92 Å². The first kappa shape index (κ1) is 23.3. The normalized spacial score (nSPS) is 19.8. The van der Waals surface area contributed by atoms with E-state index in [0.717, 1.165) is 94.4 Å². The monoisotopic (exact) mass is 546 g/mol. The Bertz CT molecular complexity index is 770. The molecule has 4 heterocycles. The van der Waals surface area contributed by atoms with Crippen LogP contribution in [0.25, 0.3) is 0 Å². The Hall–Kier alpha value is -1.40. The van der Waals surface area contributed by atoms with Gasteiger partial charge in [0.25, 0.3) is 0 Å². The van der Waals surface area contributed by atoms with Crippen LogP contribution in [0, 0.1) is 5.92 Å². The van der Waals surface area contributed by atoms with Crippen LogP contribution in [0.2, 0.25) is 0 Å². The average Bonchev–Trinajstić information content (AvgIpc) is 3.53. The average molecular weight is 546 g/mol. The highest BCUT2D eigenvalue weighted by atomic mass is 127. The lowest BCUT2D eigenvalue weighted by atomic mass is 10.1. The fourth-order valence-corrected chi connectivity index (χ4v) is 4.39. The van der Waals surface area contributed by atoms with Crippen molar-refractivity contribution in [2.24, 2.45) is 10.9 Å². The summed E-state index contributed by atoms with van der Waals surface area (Å²) in [6.45, 7) is 9.13. The lowest BCUT2D eigenvalue weighted by Crippen LogP contribution is -2.53. The molecule has 0 aliphatic carbocycles. The van der Waals surface area contributed by atoms with Crippen molar-refractivity contribution in [1.29, 1.82) is 0 Å². The Morgan fingerprint density at radius 2 is 2.20 bits per heavy atom. The van der Waals surface area contributed by atoms with Gasteiger partial charge in [-0.25, -0.2) is 4.98 Å². The first-order valence-electron chi connectivity index (χ1n) is 10.5. The van der Waals surface area contributed by atoms with Crippen molar-refractivity contribution in [2.45, 2.75) is 26.2 Å². The number of hydrogen-bond acceptors (Lipinski definition) is 7. The van der Waals surface area contributed by atoms with Crippen LogP contribution in [0.4, 0.5) is 5.13 Å². The van der Waals surface area contributed by atoms with Crippen LogP contribution in [0.5, 0.6) is 0 Å². The van der Waals surface area contributed by atoms with Gasteiger partial charge in [0.1, 0.15) is 11.6 Å². The van der Waals surface area contributed by atoms with Crippen molar-refractivity contribution in [3.05, 3.63) is 30.0 Å². The summed E-state index contributed by atoms with van der Waals surface area (Å²) in [4.78, 5) is 14.3. The fraction of sp³-hybridized carbons (Fsp3) is 0.650. The number of ether oxygens (including phenoxy) is 1. The van der Waals surface area contributed by atoms with Gasteiger partial charge in [0, 0.05) is 76.2 Å². The number of anilines is 1. The molecule has 2 aromatic rings. The molecule has 2 aliphatic rings. The van der Waals surface area contributed by atoms with E-state index in [-0.39, 0.29) is 24.0 Å². The zero-order valence-corrected chi connectivity index (χ0v) is 20.6. The van der Waals surface area contributed by atoms with E-state index in [1.165, 1.54) is 11.5 Å². The molecule has 1 atom stereocenters. The number of guanidine groups is 1. The Kier molecular flexibility index (Phi) is 9.19. The van der Waals surface area contributed by atoms with Crippen molar-refractivity contribution in [3.63, 3.8) is 0 Å². The van der Waals surface area contributed by atoms with Gasteiger partial charge < -0.3 is 24.3 Å². The molecule has 1 N–H and O–H groups in total. The fourth-order valence-electron chi connectivity index (χ4n) is 3.59. The topological polar surface area (TPSA) is 79.0 Å². The third-order valence-corrected chi connectivity index (χ3v) is 6.20. The molecule has 0 radical (unpaired) electrons. The van der Waals surface area contributed by atoms with Gasteiger partial charge in [-0.15, -0.1) is 24.0 Å². The van der Waals surface area contributed by atoms with Crippen molar-refractivity contribution < 1.29 is 9.15 Å². The highest BCUT2D eigenvalue weighted by molar-refractivity contribution is 14.0. The summed E-state index contributed by atoms with van der Waals surface area (Å²) in [5.41, 5.74) is 0. The van der Waals surface area contributed by atoms with E-state index < -0.39 is 0 Å². The molecular weight excluding hydrogens is 515 g/mol. The summed E-state index contributed by atoms with van der Waals surface area (Å²) in [6.07, 6.45) is 4.57. The van der Waals surface area contributed by atoms with Crippen molar-refractivity contribution in [2.75, 3.05) is 57.4 Å². The summed E-state index contributed by atoms with van der Waals surface area (Å²) < 4.78 is 15.4. The zero-order valence-electron chi connectivity index (χ0n) is 17.5. The van der Waals surface area contributed by atoms with Crippen LogP contribution in [0.1, 0.15) is 24.9 Å². The largest absolute Gasteiger partial charge is 0.469 e. The quantitative estimate of drug-likeness (QED) is 0.325. The SMILES string of the molecule is CCc1nsc(N2CCN(C(=NCC3CCOC3)NCCc3ccco3)CC2)n1.I. The van der Waals surface area contributed by atoms with Gasteiger partial charge in [0.15, 0.2) is 5.96 Å². The number of aliphatic imine (C=N–C) groups is 1. The van der Waals surface area contributed by atoms with Crippen LogP contribution in [-0.2, 0) is 17.6 Å². The van der Waals surface area contributed by atoms with Gasteiger partial charge in [-0.05, 0) is 18.6 Å². The van der Waals surface area contributed by atoms with Crippen LogP contribution in [0.3, 0.4) is 0 Å². The van der Waals surface area contributed by atoms with E-state index >= 15 is 0 Å². The van der Waals surface area contributed by atoms with Crippen LogP contribution < -0.4 is 10.2 Å². The highest BCUT2D eigenvalue weighted by Crippen LogP contribution is 2.19. The van der Waals surface area contributed by atoms with Gasteiger partial charge >= 0.3 is 0 Å². The third kappa shape index (κ3) is 6.30.